The molecule has 0 fully saturated rings. The molecule has 0 aromatic heterocycles. The van der Waals surface area contributed by atoms with Crippen LogP contribution in [-0.4, -0.2) is 21.4 Å². The van der Waals surface area contributed by atoms with E-state index in [2.05, 4.69) is 5.32 Å². The largest absolute Gasteiger partial charge is 0.416 e. The van der Waals surface area contributed by atoms with Crippen molar-refractivity contribution in [1.29, 1.82) is 0 Å². The summed E-state index contributed by atoms with van der Waals surface area (Å²) in [7, 11) is -2.45. The molecular weight excluding hydrogens is 429 g/mol. The zero-order valence-electron chi connectivity index (χ0n) is 16.4. The average molecular weight is 448 g/mol. The van der Waals surface area contributed by atoms with Crippen LogP contribution < -0.4 is 9.62 Å². The van der Waals surface area contributed by atoms with Gasteiger partial charge in [-0.3, -0.25) is 9.10 Å². The van der Waals surface area contributed by atoms with Gasteiger partial charge >= 0.3 is 6.18 Å². The summed E-state index contributed by atoms with van der Waals surface area (Å²) in [5, 5.41) is 2.54. The molecule has 0 saturated heterocycles. The molecule has 0 aliphatic heterocycles. The summed E-state index contributed by atoms with van der Waals surface area (Å²) >= 11 is 0. The Morgan fingerprint density at radius 1 is 0.935 bits per heavy atom. The molecule has 0 saturated carbocycles. The van der Waals surface area contributed by atoms with Gasteiger partial charge in [0.15, 0.2) is 0 Å². The predicted molar refractivity (Wildman–Crippen MR) is 112 cm³/mol. The van der Waals surface area contributed by atoms with Crippen molar-refractivity contribution in [2.24, 2.45) is 0 Å². The minimum absolute atomic E-state index is 0.0317. The molecule has 0 atom stereocenters. The van der Waals surface area contributed by atoms with Crippen LogP contribution in [0, 0.1) is 0 Å². The van der Waals surface area contributed by atoms with Crippen LogP contribution in [0.25, 0.3) is 0 Å². The minimum Gasteiger partial charge on any atom is -0.326 e. The van der Waals surface area contributed by atoms with Crippen molar-refractivity contribution < 1.29 is 26.4 Å². The Balaban J connectivity index is 1.76. The molecule has 1 amide bonds. The third-order valence-electron chi connectivity index (χ3n) is 4.51. The number of carbonyl (C=O) groups excluding carboxylic acids is 1. The van der Waals surface area contributed by atoms with Crippen molar-refractivity contribution in [3.05, 3.63) is 90.0 Å². The number of halogens is 3. The van der Waals surface area contributed by atoms with Crippen molar-refractivity contribution in [3.8, 4) is 0 Å². The van der Waals surface area contributed by atoms with Gasteiger partial charge in [0, 0.05) is 12.7 Å². The number of nitrogens with one attached hydrogen (secondary N) is 1. The third-order valence-corrected chi connectivity index (χ3v) is 6.30. The van der Waals surface area contributed by atoms with Crippen LogP contribution >= 0.6 is 0 Å². The molecule has 1 N–H and O–H groups in total. The maximum absolute atomic E-state index is 12.9. The zero-order valence-corrected chi connectivity index (χ0v) is 17.2. The standard InChI is InChI=1S/C22H19F3N2O3S/c1-27(19-10-3-2-4-11-19)31(29,30)20-12-6-9-18(15-20)26-21(28)14-16-7-5-8-17(13-16)22(23,24)25/h2-13,15H,14H2,1H3,(H,26,28). The van der Waals surface area contributed by atoms with E-state index < -0.39 is 27.7 Å². The fourth-order valence-corrected chi connectivity index (χ4v) is 4.16. The molecule has 3 aromatic carbocycles. The van der Waals surface area contributed by atoms with Crippen LogP contribution in [0.1, 0.15) is 11.1 Å². The van der Waals surface area contributed by atoms with Crippen molar-refractivity contribution in [1.82, 2.24) is 0 Å². The zero-order chi connectivity index (χ0) is 22.6. The Hall–Kier alpha value is -3.33. The van der Waals surface area contributed by atoms with Crippen molar-refractivity contribution in [2.75, 3.05) is 16.7 Å². The van der Waals surface area contributed by atoms with Gasteiger partial charge in [0.25, 0.3) is 10.0 Å². The molecule has 3 aromatic rings. The molecule has 162 valence electrons. The topological polar surface area (TPSA) is 66.5 Å². The van der Waals surface area contributed by atoms with E-state index in [1.807, 2.05) is 0 Å². The van der Waals surface area contributed by atoms with Gasteiger partial charge in [-0.1, -0.05) is 42.5 Å². The number of para-hydroxylation sites is 1. The van der Waals surface area contributed by atoms with E-state index in [0.717, 1.165) is 16.4 Å². The second-order valence-electron chi connectivity index (χ2n) is 6.76. The molecule has 0 heterocycles. The molecule has 0 spiro atoms. The van der Waals surface area contributed by atoms with E-state index in [-0.39, 0.29) is 22.6 Å². The van der Waals surface area contributed by atoms with E-state index in [1.54, 1.807) is 30.3 Å². The summed E-state index contributed by atoms with van der Waals surface area (Å²) in [6.45, 7) is 0. The summed E-state index contributed by atoms with van der Waals surface area (Å²) < 4.78 is 65.4. The molecule has 0 aliphatic carbocycles. The predicted octanol–water partition coefficient (Wildman–Crippen LogP) is 4.71. The number of nitrogens with zero attached hydrogens (tertiary/aromatic N) is 1. The van der Waals surface area contributed by atoms with Gasteiger partial charge in [0.1, 0.15) is 0 Å². The van der Waals surface area contributed by atoms with Gasteiger partial charge in [-0.05, 0) is 42.0 Å². The Kier molecular flexibility index (Phi) is 6.35. The number of amides is 1. The first-order valence-electron chi connectivity index (χ1n) is 9.17. The molecule has 9 heteroatoms. The number of sulfonamides is 1. The highest BCUT2D eigenvalue weighted by Gasteiger charge is 2.30. The number of alkyl halides is 3. The van der Waals surface area contributed by atoms with Gasteiger partial charge < -0.3 is 5.32 Å². The normalized spacial score (nSPS) is 11.7. The lowest BCUT2D eigenvalue weighted by Gasteiger charge is -2.20. The molecule has 0 unspecified atom stereocenters. The molecular formula is C22H19F3N2O3S. The van der Waals surface area contributed by atoms with Crippen LogP contribution in [0.5, 0.6) is 0 Å². The van der Waals surface area contributed by atoms with Gasteiger partial charge in [0.2, 0.25) is 5.91 Å². The lowest BCUT2D eigenvalue weighted by Crippen LogP contribution is -2.26. The maximum atomic E-state index is 12.9. The first-order chi connectivity index (χ1) is 14.6. The number of carbonyl (C=O) groups is 1. The highest BCUT2D eigenvalue weighted by molar-refractivity contribution is 7.92. The Bertz CT molecular complexity index is 1180. The van der Waals surface area contributed by atoms with Crippen LogP contribution in [-0.2, 0) is 27.4 Å². The van der Waals surface area contributed by atoms with Crippen LogP contribution in [0.4, 0.5) is 24.5 Å². The van der Waals surface area contributed by atoms with Crippen molar-refractivity contribution in [2.45, 2.75) is 17.5 Å². The molecule has 3 rings (SSSR count). The highest BCUT2D eigenvalue weighted by Crippen LogP contribution is 2.29. The number of hydrogen-bond donors (Lipinski definition) is 1. The highest BCUT2D eigenvalue weighted by atomic mass is 32.2. The van der Waals surface area contributed by atoms with Crippen LogP contribution in [0.15, 0.2) is 83.8 Å². The average Bonchev–Trinajstić information content (AvgIpc) is 2.73. The summed E-state index contributed by atoms with van der Waals surface area (Å²) in [5.74, 6) is -0.565. The number of anilines is 2. The van der Waals surface area contributed by atoms with E-state index in [9.17, 15) is 26.4 Å². The van der Waals surface area contributed by atoms with Crippen molar-refractivity contribution in [3.63, 3.8) is 0 Å². The van der Waals surface area contributed by atoms with E-state index in [4.69, 9.17) is 0 Å². The Labute approximate surface area is 178 Å². The number of rotatable bonds is 6. The fraction of sp³-hybridized carbons (Fsp3) is 0.136. The van der Waals surface area contributed by atoms with Crippen LogP contribution in [0.3, 0.4) is 0 Å². The number of benzene rings is 3. The molecule has 5 nitrogen and oxygen atoms in total. The minimum atomic E-state index is -4.50. The first kappa shape index (κ1) is 22.4. The number of hydrogen-bond acceptors (Lipinski definition) is 3. The summed E-state index contributed by atoms with van der Waals surface area (Å²) in [5.41, 5.74) is 0.0516. The van der Waals surface area contributed by atoms with Crippen LogP contribution in [0.2, 0.25) is 0 Å². The Morgan fingerprint density at radius 2 is 1.61 bits per heavy atom. The fourth-order valence-electron chi connectivity index (χ4n) is 2.92. The van der Waals surface area contributed by atoms with Crippen molar-refractivity contribution >= 4 is 27.3 Å². The van der Waals surface area contributed by atoms with E-state index in [0.29, 0.717) is 5.69 Å². The quantitative estimate of drug-likeness (QED) is 0.594. The maximum Gasteiger partial charge on any atom is 0.416 e. The monoisotopic (exact) mass is 448 g/mol. The van der Waals surface area contributed by atoms with E-state index >= 15 is 0 Å². The summed E-state index contributed by atoms with van der Waals surface area (Å²) in [6.07, 6.45) is -4.79. The molecule has 0 radical (unpaired) electrons. The van der Waals surface area contributed by atoms with Gasteiger partial charge in [0.05, 0.1) is 22.6 Å². The molecule has 0 bridgehead atoms. The lowest BCUT2D eigenvalue weighted by molar-refractivity contribution is -0.137. The van der Waals surface area contributed by atoms with Gasteiger partial charge in [-0.15, -0.1) is 0 Å². The second kappa shape index (κ2) is 8.81. The Morgan fingerprint density at radius 3 is 2.29 bits per heavy atom. The lowest BCUT2D eigenvalue weighted by atomic mass is 10.1. The summed E-state index contributed by atoms with van der Waals surface area (Å²) in [4.78, 5) is 12.3. The molecule has 31 heavy (non-hydrogen) atoms. The first-order valence-corrected chi connectivity index (χ1v) is 10.6. The SMILES string of the molecule is CN(c1ccccc1)S(=O)(=O)c1cccc(NC(=O)Cc2cccc(C(F)(F)F)c2)c1. The smallest absolute Gasteiger partial charge is 0.326 e. The second-order valence-corrected chi connectivity index (χ2v) is 8.73. The van der Waals surface area contributed by atoms with Gasteiger partial charge in [-0.25, -0.2) is 8.42 Å². The van der Waals surface area contributed by atoms with Gasteiger partial charge in [-0.2, -0.15) is 13.2 Å². The summed E-state index contributed by atoms with van der Waals surface area (Å²) in [6, 6.07) is 18.7. The third kappa shape index (κ3) is 5.43. The van der Waals surface area contributed by atoms with E-state index in [1.165, 1.54) is 43.4 Å². The molecule has 0 aliphatic rings.